The number of nitrogen functional groups attached to an aromatic ring is 1. The normalized spacial score (nSPS) is 11.7. The molecule has 2 aromatic heterocycles. The fourth-order valence-corrected chi connectivity index (χ4v) is 3.49. The van der Waals surface area contributed by atoms with Crippen LogP contribution in [0.3, 0.4) is 0 Å². The highest BCUT2D eigenvalue weighted by atomic mass is 32.2. The van der Waals surface area contributed by atoms with Crippen LogP contribution in [0.4, 0.5) is 5.69 Å². The molecule has 3 N–H and O–H groups in total. The Kier molecular flexibility index (Phi) is 5.02. The van der Waals surface area contributed by atoms with Crippen LogP contribution in [0.25, 0.3) is 10.7 Å². The Morgan fingerprint density at radius 3 is 2.76 bits per heavy atom. The number of carbonyl (C=O) groups is 1. The van der Waals surface area contributed by atoms with Gasteiger partial charge in [0.25, 0.3) is 0 Å². The number of thiophene rings is 1. The average Bonchev–Trinajstić information content (AvgIpc) is 3.26. The van der Waals surface area contributed by atoms with Crippen LogP contribution >= 0.6 is 23.1 Å². The summed E-state index contributed by atoms with van der Waals surface area (Å²) < 4.78 is 1.39. The van der Waals surface area contributed by atoms with E-state index >= 15 is 0 Å². The zero-order valence-corrected chi connectivity index (χ0v) is 14.8. The van der Waals surface area contributed by atoms with Crippen LogP contribution in [0.5, 0.6) is 0 Å². The molecule has 3 aromatic rings. The molecule has 126 valence electrons. The van der Waals surface area contributed by atoms with Crippen molar-refractivity contribution in [2.45, 2.75) is 17.3 Å². The molecule has 2 heterocycles. The van der Waals surface area contributed by atoms with Crippen molar-refractivity contribution >= 4 is 34.7 Å². The fourth-order valence-electron chi connectivity index (χ4n) is 2.01. The van der Waals surface area contributed by atoms with Crippen LogP contribution in [-0.2, 0) is 4.79 Å². The van der Waals surface area contributed by atoms with Gasteiger partial charge in [-0.15, -0.1) is 21.5 Å². The van der Waals surface area contributed by atoms with Gasteiger partial charge in [-0.05, 0) is 42.6 Å². The molecule has 1 atom stereocenters. The molecule has 0 aliphatic carbocycles. The molecule has 0 saturated heterocycles. The van der Waals surface area contributed by atoms with Crippen LogP contribution in [0.15, 0.2) is 46.9 Å². The largest absolute Gasteiger partial charge is 0.335 e. The van der Waals surface area contributed by atoms with E-state index in [2.05, 4.69) is 15.5 Å². The highest BCUT2D eigenvalue weighted by Gasteiger charge is 2.20. The Balaban J connectivity index is 1.66. The van der Waals surface area contributed by atoms with Crippen molar-refractivity contribution in [3.63, 3.8) is 0 Å². The molecular formula is C16H14N6OS2. The van der Waals surface area contributed by atoms with Gasteiger partial charge < -0.3 is 11.2 Å². The predicted molar refractivity (Wildman–Crippen MR) is 98.6 cm³/mol. The third kappa shape index (κ3) is 3.81. The van der Waals surface area contributed by atoms with E-state index in [1.165, 1.54) is 27.8 Å². The van der Waals surface area contributed by atoms with Gasteiger partial charge in [0, 0.05) is 5.69 Å². The van der Waals surface area contributed by atoms with Crippen molar-refractivity contribution < 1.29 is 4.79 Å². The first kappa shape index (κ1) is 17.0. The molecule has 0 saturated carbocycles. The summed E-state index contributed by atoms with van der Waals surface area (Å²) in [5.41, 5.74) is 1.17. The lowest BCUT2D eigenvalue weighted by Gasteiger charge is -2.11. The maximum atomic E-state index is 12.3. The number of hydrogen-bond donors (Lipinski definition) is 2. The second-order valence-corrected chi connectivity index (χ2v) is 7.35. The number of nitriles is 1. The number of rotatable bonds is 5. The summed E-state index contributed by atoms with van der Waals surface area (Å²) in [6, 6.07) is 12.5. The van der Waals surface area contributed by atoms with E-state index < -0.39 is 5.25 Å². The van der Waals surface area contributed by atoms with E-state index in [0.29, 0.717) is 22.2 Å². The minimum Gasteiger partial charge on any atom is -0.335 e. The molecule has 0 aliphatic heterocycles. The first-order valence-corrected chi connectivity index (χ1v) is 9.06. The molecule has 0 unspecified atom stereocenters. The summed E-state index contributed by atoms with van der Waals surface area (Å²) in [6.07, 6.45) is 0. The number of anilines is 1. The van der Waals surface area contributed by atoms with Crippen molar-refractivity contribution in [3.05, 3.63) is 47.3 Å². The van der Waals surface area contributed by atoms with Gasteiger partial charge in [-0.2, -0.15) is 5.26 Å². The van der Waals surface area contributed by atoms with Crippen LogP contribution in [0, 0.1) is 11.3 Å². The Morgan fingerprint density at radius 1 is 1.36 bits per heavy atom. The number of hydrogen-bond acceptors (Lipinski definition) is 7. The van der Waals surface area contributed by atoms with Gasteiger partial charge in [-0.1, -0.05) is 17.8 Å². The highest BCUT2D eigenvalue weighted by Crippen LogP contribution is 2.27. The quantitative estimate of drug-likeness (QED) is 0.528. The summed E-state index contributed by atoms with van der Waals surface area (Å²) >= 11 is 2.75. The predicted octanol–water partition coefficient (Wildman–Crippen LogP) is 2.71. The molecule has 1 amide bonds. The SMILES string of the molecule is C[C@H](Sc1nnc(-c2cccs2)n1N)C(=O)Nc1ccc(C#N)cc1. The van der Waals surface area contributed by atoms with E-state index in [9.17, 15) is 4.79 Å². The standard InChI is InChI=1S/C16H14N6OS2/c1-10(15(23)19-12-6-4-11(9-17)5-7-12)25-16-21-20-14(22(16)18)13-3-2-8-24-13/h2-8,10H,18H2,1H3,(H,19,23)/t10-/m0/s1. The molecule has 7 nitrogen and oxygen atoms in total. The van der Waals surface area contributed by atoms with Gasteiger partial charge in [0.1, 0.15) is 0 Å². The summed E-state index contributed by atoms with van der Waals surface area (Å²) in [6.45, 7) is 1.77. The summed E-state index contributed by atoms with van der Waals surface area (Å²) in [7, 11) is 0. The Bertz CT molecular complexity index is 911. The van der Waals surface area contributed by atoms with Crippen molar-refractivity contribution in [3.8, 4) is 16.8 Å². The lowest BCUT2D eigenvalue weighted by Crippen LogP contribution is -2.23. The monoisotopic (exact) mass is 370 g/mol. The first-order chi connectivity index (χ1) is 12.1. The third-order valence-corrected chi connectivity index (χ3v) is 5.26. The van der Waals surface area contributed by atoms with Crippen molar-refractivity contribution in [2.75, 3.05) is 11.2 Å². The molecule has 0 bridgehead atoms. The second-order valence-electron chi connectivity index (χ2n) is 5.09. The van der Waals surface area contributed by atoms with Crippen molar-refractivity contribution in [1.82, 2.24) is 14.9 Å². The number of nitrogens with one attached hydrogen (secondary N) is 1. The number of nitrogens with two attached hydrogens (primary N) is 1. The molecule has 25 heavy (non-hydrogen) atoms. The van der Waals surface area contributed by atoms with E-state index in [0.717, 1.165) is 4.88 Å². The average molecular weight is 370 g/mol. The summed E-state index contributed by atoms with van der Waals surface area (Å²) in [4.78, 5) is 13.2. The van der Waals surface area contributed by atoms with Crippen LogP contribution < -0.4 is 11.2 Å². The molecular weight excluding hydrogens is 356 g/mol. The maximum Gasteiger partial charge on any atom is 0.237 e. The van der Waals surface area contributed by atoms with Gasteiger partial charge in [0.05, 0.1) is 21.8 Å². The molecule has 3 rings (SSSR count). The maximum absolute atomic E-state index is 12.3. The minimum absolute atomic E-state index is 0.185. The smallest absolute Gasteiger partial charge is 0.237 e. The van der Waals surface area contributed by atoms with Gasteiger partial charge in [0.15, 0.2) is 5.82 Å². The summed E-state index contributed by atoms with van der Waals surface area (Å²) in [5.74, 6) is 6.42. The van der Waals surface area contributed by atoms with Crippen LogP contribution in [0.2, 0.25) is 0 Å². The van der Waals surface area contributed by atoms with E-state index in [4.69, 9.17) is 11.1 Å². The van der Waals surface area contributed by atoms with Crippen molar-refractivity contribution in [1.29, 1.82) is 5.26 Å². The van der Waals surface area contributed by atoms with Crippen LogP contribution in [0.1, 0.15) is 12.5 Å². The van der Waals surface area contributed by atoms with E-state index in [1.54, 1.807) is 31.2 Å². The van der Waals surface area contributed by atoms with E-state index in [1.807, 2.05) is 23.6 Å². The lowest BCUT2D eigenvalue weighted by molar-refractivity contribution is -0.115. The number of thioether (sulfide) groups is 1. The number of carbonyl (C=O) groups excluding carboxylic acids is 1. The number of benzene rings is 1. The first-order valence-electron chi connectivity index (χ1n) is 7.30. The fraction of sp³-hybridized carbons (Fsp3) is 0.125. The molecule has 9 heteroatoms. The van der Waals surface area contributed by atoms with Crippen molar-refractivity contribution in [2.24, 2.45) is 0 Å². The topological polar surface area (TPSA) is 110 Å². The van der Waals surface area contributed by atoms with E-state index in [-0.39, 0.29) is 5.91 Å². The highest BCUT2D eigenvalue weighted by molar-refractivity contribution is 8.00. The van der Waals surface area contributed by atoms with Crippen LogP contribution in [-0.4, -0.2) is 26.0 Å². The Morgan fingerprint density at radius 2 is 2.12 bits per heavy atom. The second kappa shape index (κ2) is 7.38. The van der Waals surface area contributed by atoms with Gasteiger partial charge in [-0.3, -0.25) is 4.79 Å². The number of aromatic nitrogens is 3. The molecule has 0 aliphatic rings. The minimum atomic E-state index is -0.418. The molecule has 0 radical (unpaired) electrons. The number of amides is 1. The zero-order valence-electron chi connectivity index (χ0n) is 13.2. The molecule has 0 fully saturated rings. The lowest BCUT2D eigenvalue weighted by atomic mass is 10.2. The number of nitrogens with zero attached hydrogens (tertiary/aromatic N) is 4. The summed E-state index contributed by atoms with van der Waals surface area (Å²) in [5, 5.41) is 21.7. The Hall–Kier alpha value is -2.83. The third-order valence-electron chi connectivity index (χ3n) is 3.34. The Labute approximate surface area is 152 Å². The van der Waals surface area contributed by atoms with Gasteiger partial charge >= 0.3 is 0 Å². The molecule has 1 aromatic carbocycles. The van der Waals surface area contributed by atoms with Gasteiger partial charge in [0.2, 0.25) is 11.1 Å². The molecule has 0 spiro atoms. The zero-order chi connectivity index (χ0) is 17.8. The van der Waals surface area contributed by atoms with Gasteiger partial charge in [-0.25, -0.2) is 4.68 Å².